The Morgan fingerprint density at radius 3 is 2.00 bits per heavy atom. The van der Waals surface area contributed by atoms with Crippen LogP contribution in [-0.2, 0) is 9.78 Å². The van der Waals surface area contributed by atoms with Gasteiger partial charge in [-0.05, 0) is 45.4 Å². The number of hydrogen-bond acceptors (Lipinski definition) is 3. The van der Waals surface area contributed by atoms with Gasteiger partial charge in [-0.15, -0.1) is 0 Å². The van der Waals surface area contributed by atoms with Crippen LogP contribution in [0.3, 0.4) is 0 Å². The summed E-state index contributed by atoms with van der Waals surface area (Å²) >= 11 is 0. The average Bonchev–Trinajstić information content (AvgIpc) is 2.25. The molecule has 1 aromatic carbocycles. The molecule has 3 nitrogen and oxygen atoms in total. The van der Waals surface area contributed by atoms with Gasteiger partial charge in [0.25, 0.3) is 0 Å². The normalized spacial score (nSPS) is 11.1. The standard InChI is InChI=1S/C14H18O3/c1-10(2)11-6-8-12(9-7-11)13(15)16-17-14(3,4)5/h6-9H,1H2,2-5H3. The van der Waals surface area contributed by atoms with Crippen LogP contribution in [0.2, 0.25) is 0 Å². The number of allylic oxidation sites excluding steroid dienone is 1. The summed E-state index contributed by atoms with van der Waals surface area (Å²) in [7, 11) is 0. The lowest BCUT2D eigenvalue weighted by atomic mass is 10.1. The van der Waals surface area contributed by atoms with Crippen molar-refractivity contribution in [3.8, 4) is 0 Å². The third-order valence-electron chi connectivity index (χ3n) is 1.98. The van der Waals surface area contributed by atoms with Crippen molar-refractivity contribution in [2.75, 3.05) is 0 Å². The van der Waals surface area contributed by atoms with Crippen molar-refractivity contribution in [3.63, 3.8) is 0 Å². The summed E-state index contributed by atoms with van der Waals surface area (Å²) in [5.41, 5.74) is 1.90. The number of carbonyl (C=O) groups excluding carboxylic acids is 1. The van der Waals surface area contributed by atoms with Crippen molar-refractivity contribution in [1.29, 1.82) is 0 Å². The van der Waals surface area contributed by atoms with Gasteiger partial charge in [0.05, 0.1) is 5.56 Å². The Morgan fingerprint density at radius 2 is 1.59 bits per heavy atom. The molecule has 3 heteroatoms. The largest absolute Gasteiger partial charge is 0.373 e. The molecule has 17 heavy (non-hydrogen) atoms. The van der Waals surface area contributed by atoms with E-state index in [9.17, 15) is 4.79 Å². The first-order chi connectivity index (χ1) is 7.79. The maximum atomic E-state index is 11.6. The molecule has 0 saturated heterocycles. The van der Waals surface area contributed by atoms with E-state index in [-0.39, 0.29) is 0 Å². The fourth-order valence-electron chi connectivity index (χ4n) is 1.10. The minimum absolute atomic E-state index is 0.458. The second-order valence-electron chi connectivity index (χ2n) is 4.92. The van der Waals surface area contributed by atoms with Crippen LogP contribution in [0.25, 0.3) is 5.57 Å². The lowest BCUT2D eigenvalue weighted by molar-refractivity contribution is -0.301. The summed E-state index contributed by atoms with van der Waals surface area (Å²) in [6.07, 6.45) is 0. The van der Waals surface area contributed by atoms with Gasteiger partial charge in [0.1, 0.15) is 5.60 Å². The first-order valence-electron chi connectivity index (χ1n) is 5.45. The Balaban J connectivity index is 2.67. The molecule has 0 amide bonds. The maximum Gasteiger partial charge on any atom is 0.373 e. The minimum atomic E-state index is -0.507. The van der Waals surface area contributed by atoms with E-state index in [4.69, 9.17) is 9.78 Å². The maximum absolute atomic E-state index is 11.6. The van der Waals surface area contributed by atoms with Crippen LogP contribution in [-0.4, -0.2) is 11.6 Å². The molecule has 0 bridgehead atoms. The van der Waals surface area contributed by atoms with E-state index in [1.807, 2.05) is 39.8 Å². The molecule has 0 N–H and O–H groups in total. The average molecular weight is 234 g/mol. The number of rotatable bonds is 3. The summed E-state index contributed by atoms with van der Waals surface area (Å²) in [5.74, 6) is -0.492. The molecule has 0 fully saturated rings. The summed E-state index contributed by atoms with van der Waals surface area (Å²) < 4.78 is 0. The van der Waals surface area contributed by atoms with Crippen LogP contribution in [0.5, 0.6) is 0 Å². The Bertz CT molecular complexity index is 410. The van der Waals surface area contributed by atoms with Crippen molar-refractivity contribution >= 4 is 11.5 Å². The molecule has 0 aliphatic rings. The zero-order valence-electron chi connectivity index (χ0n) is 10.7. The Kier molecular flexibility index (Phi) is 4.07. The lowest BCUT2D eigenvalue weighted by Crippen LogP contribution is -2.21. The van der Waals surface area contributed by atoms with E-state index in [0.29, 0.717) is 5.56 Å². The van der Waals surface area contributed by atoms with E-state index in [0.717, 1.165) is 11.1 Å². The highest BCUT2D eigenvalue weighted by molar-refractivity contribution is 5.89. The van der Waals surface area contributed by atoms with Crippen molar-refractivity contribution in [1.82, 2.24) is 0 Å². The van der Waals surface area contributed by atoms with Crippen LogP contribution >= 0.6 is 0 Å². The highest BCUT2D eigenvalue weighted by Crippen LogP contribution is 2.14. The molecular weight excluding hydrogens is 216 g/mol. The minimum Gasteiger partial charge on any atom is -0.292 e. The molecule has 92 valence electrons. The number of hydrogen-bond donors (Lipinski definition) is 0. The van der Waals surface area contributed by atoms with Gasteiger partial charge in [-0.1, -0.05) is 24.3 Å². The highest BCUT2D eigenvalue weighted by atomic mass is 17.2. The molecule has 0 radical (unpaired) electrons. The van der Waals surface area contributed by atoms with Gasteiger partial charge in [-0.3, -0.25) is 4.89 Å². The Morgan fingerprint density at radius 1 is 1.12 bits per heavy atom. The number of carbonyl (C=O) groups is 1. The van der Waals surface area contributed by atoms with Gasteiger partial charge in [-0.25, -0.2) is 4.79 Å². The van der Waals surface area contributed by atoms with Crippen LogP contribution in [0, 0.1) is 0 Å². The molecule has 0 aliphatic carbocycles. The highest BCUT2D eigenvalue weighted by Gasteiger charge is 2.16. The van der Waals surface area contributed by atoms with Gasteiger partial charge in [0.2, 0.25) is 0 Å². The molecule has 0 aromatic heterocycles. The zero-order valence-corrected chi connectivity index (χ0v) is 10.7. The SMILES string of the molecule is C=C(C)c1ccc(C(=O)OOC(C)(C)C)cc1. The predicted molar refractivity (Wildman–Crippen MR) is 67.4 cm³/mol. The fourth-order valence-corrected chi connectivity index (χ4v) is 1.10. The fraction of sp³-hybridized carbons (Fsp3) is 0.357. The van der Waals surface area contributed by atoms with E-state index in [1.54, 1.807) is 12.1 Å². The quantitative estimate of drug-likeness (QED) is 0.592. The summed E-state index contributed by atoms with van der Waals surface area (Å²) in [5, 5.41) is 0. The van der Waals surface area contributed by atoms with Crippen molar-refractivity contribution < 1.29 is 14.6 Å². The van der Waals surface area contributed by atoms with E-state index in [1.165, 1.54) is 0 Å². The van der Waals surface area contributed by atoms with Gasteiger partial charge in [-0.2, -0.15) is 4.89 Å². The summed E-state index contributed by atoms with van der Waals surface area (Å²) in [4.78, 5) is 21.3. The smallest absolute Gasteiger partial charge is 0.292 e. The molecule has 0 heterocycles. The third kappa shape index (κ3) is 4.41. The Hall–Kier alpha value is -1.61. The van der Waals surface area contributed by atoms with Gasteiger partial charge >= 0.3 is 5.97 Å². The first kappa shape index (κ1) is 13.5. The number of benzene rings is 1. The first-order valence-corrected chi connectivity index (χ1v) is 5.45. The third-order valence-corrected chi connectivity index (χ3v) is 1.98. The van der Waals surface area contributed by atoms with E-state index >= 15 is 0 Å². The second-order valence-corrected chi connectivity index (χ2v) is 4.92. The summed E-state index contributed by atoms with van der Waals surface area (Å²) in [6.45, 7) is 11.2. The second kappa shape index (κ2) is 5.15. The molecule has 0 atom stereocenters. The van der Waals surface area contributed by atoms with Crippen molar-refractivity contribution in [2.24, 2.45) is 0 Å². The lowest BCUT2D eigenvalue weighted by Gasteiger charge is -2.16. The van der Waals surface area contributed by atoms with Crippen molar-refractivity contribution in [3.05, 3.63) is 42.0 Å². The van der Waals surface area contributed by atoms with Crippen LogP contribution in [0.1, 0.15) is 43.6 Å². The molecular formula is C14H18O3. The topological polar surface area (TPSA) is 35.5 Å². The van der Waals surface area contributed by atoms with Crippen molar-refractivity contribution in [2.45, 2.75) is 33.3 Å². The van der Waals surface area contributed by atoms with E-state index < -0.39 is 11.6 Å². The predicted octanol–water partition coefficient (Wildman–Crippen LogP) is 3.61. The van der Waals surface area contributed by atoms with Crippen LogP contribution < -0.4 is 0 Å². The van der Waals surface area contributed by atoms with Crippen LogP contribution in [0.15, 0.2) is 30.8 Å². The monoisotopic (exact) mass is 234 g/mol. The van der Waals surface area contributed by atoms with Gasteiger partial charge < -0.3 is 0 Å². The summed E-state index contributed by atoms with van der Waals surface area (Å²) in [6, 6.07) is 7.04. The van der Waals surface area contributed by atoms with Gasteiger partial charge in [0.15, 0.2) is 0 Å². The molecule has 0 aliphatic heterocycles. The molecule has 1 aromatic rings. The molecule has 0 saturated carbocycles. The van der Waals surface area contributed by atoms with E-state index in [2.05, 4.69) is 6.58 Å². The molecule has 0 spiro atoms. The molecule has 0 unspecified atom stereocenters. The zero-order chi connectivity index (χ0) is 13.1. The molecule has 1 rings (SSSR count). The van der Waals surface area contributed by atoms with Gasteiger partial charge in [0, 0.05) is 0 Å². The van der Waals surface area contributed by atoms with Crippen LogP contribution in [0.4, 0.5) is 0 Å². The Labute approximate surface area is 102 Å².